The van der Waals surface area contributed by atoms with Crippen molar-refractivity contribution in [3.8, 4) is 22.6 Å². The van der Waals surface area contributed by atoms with Crippen LogP contribution in [0.1, 0.15) is 77.3 Å². The summed E-state index contributed by atoms with van der Waals surface area (Å²) in [5.41, 5.74) is 14.9. The maximum Gasteiger partial charge on any atom is 0.328 e. The number of fused-ring (bicyclic) bond motifs is 2. The third-order valence-electron chi connectivity index (χ3n) is 11.8. The molecule has 8 N–H and O–H groups in total. The van der Waals surface area contributed by atoms with E-state index in [1.165, 1.54) is 0 Å². The number of hydrogen-bond acceptors (Lipinski definition) is 10. The monoisotopic (exact) mass is 1010 g/mol. The lowest BCUT2D eigenvalue weighted by Gasteiger charge is -2.20. The molecule has 6 aromatic rings. The standard InChI is InChI=1S/C56H66N8O8.2CH4/c1-59-55(57)61-33-13-25-45(53(67)71-37-39-17-5-3-6-18-39)63-49(65)27-15-35-69-47-31-29-41-21-9-11-23-43(41)51(47)52-44-24-12-10-22-42(44)30-32-48(52)70-36-16-28-50(66)64-46(26-14-34-62-56(58)60-2)54(68)72-38-40-19-7-4-8-20-40;;/h3-12,17-24,29-32,45-46H,13-16,25-28,33-38H2,1-2H3,(H,63,65)(H,64,66)(H3,57,59,61)(H3,58,60,62);2*1H4/t45-,46-;;/m1../s1. The number of carbonyl (C=O) groups is 4. The average Bonchev–Trinajstić information content (AvgIpc) is 3.41. The van der Waals surface area contributed by atoms with Crippen LogP contribution >= 0.6 is 0 Å². The molecule has 2 amide bonds. The number of hydrogen-bond donors (Lipinski definition) is 6. The summed E-state index contributed by atoms with van der Waals surface area (Å²) in [4.78, 5) is 61.1. The van der Waals surface area contributed by atoms with E-state index in [1.54, 1.807) is 14.1 Å². The summed E-state index contributed by atoms with van der Waals surface area (Å²) >= 11 is 0. The number of esters is 2. The van der Waals surface area contributed by atoms with Crippen LogP contribution in [-0.4, -0.2) is 88.2 Å². The normalized spacial score (nSPS) is 12.0. The predicted octanol–water partition coefficient (Wildman–Crippen LogP) is 8.34. The highest BCUT2D eigenvalue weighted by Gasteiger charge is 2.25. The molecule has 16 heteroatoms. The third-order valence-corrected chi connectivity index (χ3v) is 11.8. The summed E-state index contributed by atoms with van der Waals surface area (Å²) in [6.45, 7) is 1.51. The van der Waals surface area contributed by atoms with Gasteiger partial charge in [0.2, 0.25) is 11.8 Å². The number of aliphatic imine (C=N–C) groups is 2. The summed E-state index contributed by atoms with van der Waals surface area (Å²) in [6.07, 6.45) is 2.66. The number of benzene rings is 6. The Morgan fingerprint density at radius 3 is 1.27 bits per heavy atom. The molecule has 6 aromatic carbocycles. The van der Waals surface area contributed by atoms with Crippen LogP contribution in [-0.2, 0) is 41.9 Å². The zero-order valence-electron chi connectivity index (χ0n) is 41.1. The van der Waals surface area contributed by atoms with Crippen molar-refractivity contribution in [2.24, 2.45) is 21.5 Å². The number of amides is 2. The number of guanidine groups is 2. The summed E-state index contributed by atoms with van der Waals surface area (Å²) < 4.78 is 24.3. The van der Waals surface area contributed by atoms with Crippen LogP contribution in [0.2, 0.25) is 0 Å². The first-order valence-corrected chi connectivity index (χ1v) is 24.3. The zero-order valence-corrected chi connectivity index (χ0v) is 41.1. The van der Waals surface area contributed by atoms with E-state index in [4.69, 9.17) is 30.4 Å². The summed E-state index contributed by atoms with van der Waals surface area (Å²) in [5.74, 6) is 0.124. The summed E-state index contributed by atoms with van der Waals surface area (Å²) in [5, 5.41) is 15.6. The average molecular weight is 1010 g/mol. The van der Waals surface area contributed by atoms with E-state index in [0.29, 0.717) is 63.1 Å². The number of ether oxygens (including phenoxy) is 4. The molecule has 0 aromatic heterocycles. The van der Waals surface area contributed by atoms with E-state index in [9.17, 15) is 19.2 Å². The van der Waals surface area contributed by atoms with Crippen molar-refractivity contribution in [1.82, 2.24) is 21.3 Å². The predicted molar refractivity (Wildman–Crippen MR) is 296 cm³/mol. The molecule has 0 radical (unpaired) electrons. The minimum atomic E-state index is -0.861. The Kier molecular flexibility index (Phi) is 24.8. The summed E-state index contributed by atoms with van der Waals surface area (Å²) in [6, 6.07) is 40.9. The highest BCUT2D eigenvalue weighted by atomic mass is 16.5. The van der Waals surface area contributed by atoms with Gasteiger partial charge in [0.05, 0.1) is 13.2 Å². The van der Waals surface area contributed by atoms with E-state index >= 15 is 0 Å². The quantitative estimate of drug-likeness (QED) is 0.0124. The van der Waals surface area contributed by atoms with Gasteiger partial charge in [-0.3, -0.25) is 19.6 Å². The molecular weight excluding hydrogens is 937 g/mol. The molecule has 2 atom stereocenters. The maximum atomic E-state index is 13.4. The molecule has 0 unspecified atom stereocenters. The SMILES string of the molecule is C.C.CN=C(N)NCCC[C@@H](NC(=O)CCCOc1ccc2ccccc2c1-c1c(OCCCC(=O)N[C@H](CCCNC(N)=NC)C(=O)OCc2ccccc2)ccc2ccccc12)C(=O)OCc1ccccc1. The van der Waals surface area contributed by atoms with E-state index < -0.39 is 24.0 Å². The van der Waals surface area contributed by atoms with Gasteiger partial charge < -0.3 is 51.7 Å². The lowest BCUT2D eigenvalue weighted by atomic mass is 9.92. The Bertz CT molecular complexity index is 2580. The number of nitrogens with two attached hydrogens (primary N) is 2. The van der Waals surface area contributed by atoms with Gasteiger partial charge in [-0.1, -0.05) is 136 Å². The molecule has 0 aliphatic rings. The second-order valence-corrected chi connectivity index (χ2v) is 17.0. The van der Waals surface area contributed by atoms with Crippen LogP contribution in [0, 0.1) is 0 Å². The molecule has 0 fully saturated rings. The molecule has 0 bridgehead atoms. The van der Waals surface area contributed by atoms with Gasteiger partial charge in [-0.25, -0.2) is 9.59 Å². The number of nitrogens with zero attached hydrogens (tertiary/aromatic N) is 2. The van der Waals surface area contributed by atoms with Gasteiger partial charge in [0.15, 0.2) is 11.9 Å². The highest BCUT2D eigenvalue weighted by Crippen LogP contribution is 2.45. The Morgan fingerprint density at radius 1 is 0.500 bits per heavy atom. The van der Waals surface area contributed by atoms with Crippen LogP contribution in [0.15, 0.2) is 143 Å². The molecule has 0 saturated heterocycles. The highest BCUT2D eigenvalue weighted by molar-refractivity contribution is 6.09. The first-order valence-electron chi connectivity index (χ1n) is 24.3. The van der Waals surface area contributed by atoms with Gasteiger partial charge in [-0.15, -0.1) is 0 Å². The molecule has 394 valence electrons. The number of nitrogens with one attached hydrogen (secondary N) is 4. The Balaban J connectivity index is 0.00000593. The fourth-order valence-corrected chi connectivity index (χ4v) is 7.98. The van der Waals surface area contributed by atoms with Crippen LogP contribution in [0.4, 0.5) is 0 Å². The van der Waals surface area contributed by atoms with Gasteiger partial charge in [0, 0.05) is 51.2 Å². The van der Waals surface area contributed by atoms with Crippen molar-refractivity contribution in [3.63, 3.8) is 0 Å². The lowest BCUT2D eigenvalue weighted by Crippen LogP contribution is -2.42. The Morgan fingerprint density at radius 2 is 0.878 bits per heavy atom. The minimum Gasteiger partial charge on any atom is -0.493 e. The zero-order chi connectivity index (χ0) is 50.9. The molecular formula is C58H74N8O8. The second kappa shape index (κ2) is 31.3. The third kappa shape index (κ3) is 18.2. The molecule has 6 rings (SSSR count). The Hall–Kier alpha value is -8.14. The van der Waals surface area contributed by atoms with Gasteiger partial charge in [0.25, 0.3) is 0 Å². The first-order chi connectivity index (χ1) is 35.1. The number of rotatable bonds is 27. The first kappa shape index (κ1) is 58.4. The molecule has 0 aliphatic carbocycles. The molecule has 0 heterocycles. The van der Waals surface area contributed by atoms with E-state index in [0.717, 1.165) is 43.8 Å². The van der Waals surface area contributed by atoms with Crippen LogP contribution in [0.25, 0.3) is 32.7 Å². The molecule has 74 heavy (non-hydrogen) atoms. The van der Waals surface area contributed by atoms with Gasteiger partial charge in [-0.2, -0.15) is 0 Å². The van der Waals surface area contributed by atoms with E-state index in [2.05, 4.69) is 31.3 Å². The van der Waals surface area contributed by atoms with Crippen molar-refractivity contribution in [3.05, 3.63) is 145 Å². The van der Waals surface area contributed by atoms with Gasteiger partial charge in [-0.05, 0) is 83.3 Å². The molecule has 16 nitrogen and oxygen atoms in total. The van der Waals surface area contributed by atoms with E-state index in [-0.39, 0.29) is 77.9 Å². The topological polar surface area (TPSA) is 230 Å². The van der Waals surface area contributed by atoms with Crippen LogP contribution in [0.3, 0.4) is 0 Å². The van der Waals surface area contributed by atoms with Crippen LogP contribution in [0.5, 0.6) is 11.5 Å². The maximum absolute atomic E-state index is 13.4. The van der Waals surface area contributed by atoms with Crippen molar-refractivity contribution in [2.45, 2.75) is 91.5 Å². The number of carbonyl (C=O) groups excluding carboxylic acids is 4. The second-order valence-electron chi connectivity index (χ2n) is 17.0. The minimum absolute atomic E-state index is 0. The lowest BCUT2D eigenvalue weighted by molar-refractivity contribution is -0.149. The fourth-order valence-electron chi connectivity index (χ4n) is 7.98. The fraction of sp³-hybridized carbons (Fsp3) is 0.345. The van der Waals surface area contributed by atoms with Gasteiger partial charge >= 0.3 is 11.9 Å². The molecule has 0 spiro atoms. The largest absolute Gasteiger partial charge is 0.493 e. The Labute approximate surface area is 435 Å². The van der Waals surface area contributed by atoms with Crippen molar-refractivity contribution >= 4 is 57.2 Å². The van der Waals surface area contributed by atoms with Crippen molar-refractivity contribution < 1.29 is 38.1 Å². The molecule has 0 aliphatic heterocycles. The van der Waals surface area contributed by atoms with Crippen LogP contribution < -0.4 is 42.2 Å². The van der Waals surface area contributed by atoms with Crippen molar-refractivity contribution in [1.29, 1.82) is 0 Å². The summed E-state index contributed by atoms with van der Waals surface area (Å²) in [7, 11) is 3.16. The van der Waals surface area contributed by atoms with Crippen molar-refractivity contribution in [2.75, 3.05) is 40.4 Å². The molecule has 0 saturated carbocycles. The van der Waals surface area contributed by atoms with E-state index in [1.807, 2.05) is 133 Å². The van der Waals surface area contributed by atoms with Gasteiger partial charge in [0.1, 0.15) is 36.8 Å². The smallest absolute Gasteiger partial charge is 0.328 e.